The molecule has 0 radical (unpaired) electrons. The second-order valence-electron chi connectivity index (χ2n) is 7.25. The van der Waals surface area contributed by atoms with Crippen LogP contribution in [0.4, 0.5) is 9.39 Å². The number of thiophene rings is 1. The molecule has 1 N–H and O–H groups in total. The lowest BCUT2D eigenvalue weighted by Gasteiger charge is -2.10. The number of benzene rings is 2. The highest BCUT2D eigenvalue weighted by Crippen LogP contribution is 2.33. The minimum Gasteiger partial charge on any atom is -0.488 e. The highest BCUT2D eigenvalue weighted by atomic mass is 32.1. The third-order valence-electron chi connectivity index (χ3n) is 5.02. The number of nitriles is 1. The number of rotatable bonds is 8. The van der Waals surface area contributed by atoms with Gasteiger partial charge in [-0.15, -0.1) is 11.3 Å². The van der Waals surface area contributed by atoms with Crippen LogP contribution in [0.1, 0.15) is 38.8 Å². The van der Waals surface area contributed by atoms with Crippen molar-refractivity contribution in [2.45, 2.75) is 27.4 Å². The van der Waals surface area contributed by atoms with Crippen LogP contribution in [0.2, 0.25) is 0 Å². The van der Waals surface area contributed by atoms with Gasteiger partial charge < -0.3 is 14.8 Å². The molecule has 2 aromatic carbocycles. The first-order valence-electron chi connectivity index (χ1n) is 10.5. The average molecular weight is 479 g/mol. The molecule has 0 aliphatic rings. The number of carbonyl (C=O) groups excluding carboxylic acids is 2. The normalized spacial score (nSPS) is 11.0. The van der Waals surface area contributed by atoms with Gasteiger partial charge in [0, 0.05) is 16.0 Å². The quantitative estimate of drug-likeness (QED) is 0.251. The minimum absolute atomic E-state index is 0.0116. The smallest absolute Gasteiger partial charge is 0.341 e. The Hall–Kier alpha value is -3.96. The third kappa shape index (κ3) is 5.69. The van der Waals surface area contributed by atoms with Gasteiger partial charge in [-0.1, -0.05) is 36.4 Å². The number of para-hydroxylation sites is 1. The predicted octanol–water partition coefficient (Wildman–Crippen LogP) is 5.81. The summed E-state index contributed by atoms with van der Waals surface area (Å²) < 4.78 is 24.8. The van der Waals surface area contributed by atoms with Crippen LogP contribution in [0.5, 0.6) is 5.75 Å². The molecular weight excluding hydrogens is 455 g/mol. The van der Waals surface area contributed by atoms with Gasteiger partial charge in [0.25, 0.3) is 5.91 Å². The summed E-state index contributed by atoms with van der Waals surface area (Å²) in [6, 6.07) is 15.0. The van der Waals surface area contributed by atoms with Gasteiger partial charge in [0.1, 0.15) is 34.8 Å². The summed E-state index contributed by atoms with van der Waals surface area (Å²) in [6.07, 6.45) is 1.39. The molecule has 0 atom stereocenters. The number of hydrogen-bond donors (Lipinski definition) is 1. The fraction of sp³-hybridized carbons (Fsp3) is 0.192. The SMILES string of the molecule is CCOC(=O)c1c(NC(=O)C(C#N)=Cc2ccccc2OCc2ccccc2F)sc(C)c1C. The van der Waals surface area contributed by atoms with Crippen LogP contribution in [0.15, 0.2) is 54.1 Å². The summed E-state index contributed by atoms with van der Waals surface area (Å²) in [5.41, 5.74) is 1.68. The summed E-state index contributed by atoms with van der Waals surface area (Å²) >= 11 is 1.24. The topological polar surface area (TPSA) is 88.4 Å². The Morgan fingerprint density at radius 3 is 2.56 bits per heavy atom. The van der Waals surface area contributed by atoms with Gasteiger partial charge in [-0.25, -0.2) is 9.18 Å². The molecule has 1 aromatic heterocycles. The number of anilines is 1. The Balaban J connectivity index is 1.85. The average Bonchev–Trinajstić information content (AvgIpc) is 3.10. The van der Waals surface area contributed by atoms with E-state index in [0.717, 1.165) is 4.88 Å². The van der Waals surface area contributed by atoms with Crippen molar-refractivity contribution in [2.24, 2.45) is 0 Å². The monoisotopic (exact) mass is 478 g/mol. The van der Waals surface area contributed by atoms with Crippen LogP contribution in [-0.2, 0) is 16.1 Å². The fourth-order valence-corrected chi connectivity index (χ4v) is 4.18. The minimum atomic E-state index is -0.668. The van der Waals surface area contributed by atoms with E-state index in [1.165, 1.54) is 23.5 Å². The summed E-state index contributed by atoms with van der Waals surface area (Å²) in [5.74, 6) is -1.19. The van der Waals surface area contributed by atoms with Gasteiger partial charge >= 0.3 is 5.97 Å². The number of nitrogens with one attached hydrogen (secondary N) is 1. The predicted molar refractivity (Wildman–Crippen MR) is 129 cm³/mol. The zero-order valence-corrected chi connectivity index (χ0v) is 19.8. The molecule has 1 heterocycles. The number of carbonyl (C=O) groups is 2. The molecule has 174 valence electrons. The van der Waals surface area contributed by atoms with Gasteiger partial charge in [0.2, 0.25) is 0 Å². The van der Waals surface area contributed by atoms with E-state index < -0.39 is 11.9 Å². The molecular formula is C26H23FN2O4S. The molecule has 3 aromatic rings. The first-order chi connectivity index (χ1) is 16.3. The number of halogens is 1. The first kappa shape index (κ1) is 24.7. The Labute approximate surface area is 201 Å². The molecule has 0 saturated heterocycles. The van der Waals surface area contributed by atoms with Crippen LogP contribution in [0.3, 0.4) is 0 Å². The standard InChI is InChI=1S/C26H23FN2O4S/c1-4-32-26(31)23-16(2)17(3)34-25(23)29-24(30)20(14-28)13-18-9-6-8-12-22(18)33-15-19-10-5-7-11-21(19)27/h5-13H,4,15H2,1-3H3,(H,29,30). The fourth-order valence-electron chi connectivity index (χ4n) is 3.14. The molecule has 0 bridgehead atoms. The first-order valence-corrected chi connectivity index (χ1v) is 11.3. The molecule has 0 fully saturated rings. The summed E-state index contributed by atoms with van der Waals surface area (Å²) in [7, 11) is 0. The van der Waals surface area contributed by atoms with E-state index in [1.807, 2.05) is 13.0 Å². The summed E-state index contributed by atoms with van der Waals surface area (Å²) in [6.45, 7) is 5.50. The van der Waals surface area contributed by atoms with Crippen molar-refractivity contribution < 1.29 is 23.5 Å². The van der Waals surface area contributed by atoms with Gasteiger partial charge in [-0.2, -0.15) is 5.26 Å². The van der Waals surface area contributed by atoms with E-state index in [4.69, 9.17) is 9.47 Å². The van der Waals surface area contributed by atoms with Crippen molar-refractivity contribution in [2.75, 3.05) is 11.9 Å². The Morgan fingerprint density at radius 1 is 1.15 bits per heavy atom. The van der Waals surface area contributed by atoms with Crippen LogP contribution >= 0.6 is 11.3 Å². The largest absolute Gasteiger partial charge is 0.488 e. The maximum Gasteiger partial charge on any atom is 0.341 e. The van der Waals surface area contributed by atoms with Gasteiger partial charge in [-0.05, 0) is 44.5 Å². The Morgan fingerprint density at radius 2 is 1.85 bits per heavy atom. The molecule has 0 saturated carbocycles. The number of amides is 1. The summed E-state index contributed by atoms with van der Waals surface area (Å²) in [5, 5.41) is 12.6. The van der Waals surface area contributed by atoms with Gasteiger partial charge in [-0.3, -0.25) is 4.79 Å². The van der Waals surface area contributed by atoms with Crippen LogP contribution in [0.25, 0.3) is 6.08 Å². The zero-order chi connectivity index (χ0) is 24.7. The van der Waals surface area contributed by atoms with Crippen LogP contribution < -0.4 is 10.1 Å². The van der Waals surface area contributed by atoms with Crippen molar-refractivity contribution in [1.82, 2.24) is 0 Å². The van der Waals surface area contributed by atoms with E-state index in [-0.39, 0.29) is 30.2 Å². The van der Waals surface area contributed by atoms with E-state index in [2.05, 4.69) is 5.32 Å². The van der Waals surface area contributed by atoms with Gasteiger partial charge in [0.15, 0.2) is 0 Å². The molecule has 3 rings (SSSR count). The number of aryl methyl sites for hydroxylation is 1. The van der Waals surface area contributed by atoms with Crippen molar-refractivity contribution in [3.8, 4) is 11.8 Å². The zero-order valence-electron chi connectivity index (χ0n) is 19.0. The van der Waals surface area contributed by atoms with E-state index in [0.29, 0.717) is 27.4 Å². The number of nitrogens with zero attached hydrogens (tertiary/aromatic N) is 1. The lowest BCUT2D eigenvalue weighted by atomic mass is 10.1. The summed E-state index contributed by atoms with van der Waals surface area (Å²) in [4.78, 5) is 26.1. The number of ether oxygens (including phenoxy) is 2. The lowest BCUT2D eigenvalue weighted by Crippen LogP contribution is -2.16. The van der Waals surface area contributed by atoms with E-state index >= 15 is 0 Å². The van der Waals surface area contributed by atoms with E-state index in [9.17, 15) is 19.2 Å². The van der Waals surface area contributed by atoms with Crippen molar-refractivity contribution in [3.63, 3.8) is 0 Å². The highest BCUT2D eigenvalue weighted by Gasteiger charge is 2.23. The van der Waals surface area contributed by atoms with Crippen LogP contribution in [0, 0.1) is 31.0 Å². The van der Waals surface area contributed by atoms with E-state index in [1.54, 1.807) is 56.3 Å². The third-order valence-corrected chi connectivity index (χ3v) is 6.14. The number of hydrogen-bond acceptors (Lipinski definition) is 6. The second-order valence-corrected chi connectivity index (χ2v) is 8.47. The highest BCUT2D eigenvalue weighted by molar-refractivity contribution is 7.16. The maximum atomic E-state index is 13.9. The van der Waals surface area contributed by atoms with Crippen molar-refractivity contribution in [3.05, 3.63) is 87.1 Å². The molecule has 0 spiro atoms. The molecule has 0 aliphatic heterocycles. The maximum absolute atomic E-state index is 13.9. The second kappa shape index (κ2) is 11.3. The van der Waals surface area contributed by atoms with Crippen molar-refractivity contribution in [1.29, 1.82) is 5.26 Å². The van der Waals surface area contributed by atoms with Gasteiger partial charge in [0.05, 0.1) is 12.2 Å². The molecule has 0 unspecified atom stereocenters. The number of esters is 1. The molecule has 34 heavy (non-hydrogen) atoms. The molecule has 0 aliphatic carbocycles. The van der Waals surface area contributed by atoms with Crippen molar-refractivity contribution >= 4 is 34.3 Å². The Kier molecular flexibility index (Phi) is 8.17. The Bertz CT molecular complexity index is 1290. The van der Waals surface area contributed by atoms with Crippen LogP contribution in [-0.4, -0.2) is 18.5 Å². The molecule has 8 heteroatoms. The molecule has 1 amide bonds. The molecule has 6 nitrogen and oxygen atoms in total. The lowest BCUT2D eigenvalue weighted by molar-refractivity contribution is -0.112.